The molecule has 0 bridgehead atoms. The Balaban J connectivity index is 1.66. The van der Waals surface area contributed by atoms with Gasteiger partial charge in [-0.05, 0) is 25.1 Å². The SMILES string of the molecule is COCCN1COc2c(cc3c(c2C)O/C(=C\c2ccco2)C3=O)C1. The summed E-state index contributed by atoms with van der Waals surface area (Å²) in [7, 11) is 1.68. The molecule has 2 aliphatic rings. The number of ether oxygens (including phenoxy) is 3. The van der Waals surface area contributed by atoms with Crippen LogP contribution in [0.4, 0.5) is 0 Å². The number of nitrogens with zero attached hydrogens (tertiary/aromatic N) is 1. The van der Waals surface area contributed by atoms with Gasteiger partial charge in [-0.1, -0.05) is 0 Å². The number of allylic oxidation sites excluding steroid dienone is 1. The predicted octanol–water partition coefficient (Wildman–Crippen LogP) is 3.00. The zero-order valence-electron chi connectivity index (χ0n) is 14.2. The van der Waals surface area contributed by atoms with Gasteiger partial charge in [0.2, 0.25) is 5.78 Å². The van der Waals surface area contributed by atoms with Gasteiger partial charge in [0.1, 0.15) is 24.0 Å². The molecule has 1 aromatic heterocycles. The van der Waals surface area contributed by atoms with Gasteiger partial charge in [-0.2, -0.15) is 0 Å². The quantitative estimate of drug-likeness (QED) is 0.797. The number of fused-ring (bicyclic) bond motifs is 2. The number of Topliss-reactive ketones (excluding diaryl/α,β-unsaturated/α-hetero) is 1. The molecule has 0 spiro atoms. The lowest BCUT2D eigenvalue weighted by molar-refractivity contribution is 0.0649. The average molecular weight is 341 g/mol. The van der Waals surface area contributed by atoms with Gasteiger partial charge in [0.15, 0.2) is 5.76 Å². The van der Waals surface area contributed by atoms with Crippen molar-refractivity contribution in [2.75, 3.05) is 27.0 Å². The highest BCUT2D eigenvalue weighted by Crippen LogP contribution is 2.43. The Morgan fingerprint density at radius 1 is 1.36 bits per heavy atom. The molecule has 0 saturated heterocycles. The summed E-state index contributed by atoms with van der Waals surface area (Å²) in [6.45, 7) is 4.56. The van der Waals surface area contributed by atoms with Crippen LogP contribution in [0.5, 0.6) is 11.5 Å². The van der Waals surface area contributed by atoms with Crippen LogP contribution in [0.3, 0.4) is 0 Å². The van der Waals surface area contributed by atoms with E-state index in [-0.39, 0.29) is 11.5 Å². The first-order chi connectivity index (χ1) is 12.2. The van der Waals surface area contributed by atoms with Crippen LogP contribution >= 0.6 is 0 Å². The summed E-state index contributed by atoms with van der Waals surface area (Å²) in [6, 6.07) is 5.43. The number of hydrogen-bond acceptors (Lipinski definition) is 6. The van der Waals surface area contributed by atoms with Crippen molar-refractivity contribution in [2.45, 2.75) is 13.5 Å². The number of hydrogen-bond donors (Lipinski definition) is 0. The Hall–Kier alpha value is -2.57. The lowest BCUT2D eigenvalue weighted by Crippen LogP contribution is -2.34. The summed E-state index contributed by atoms with van der Waals surface area (Å²) in [4.78, 5) is 14.8. The Morgan fingerprint density at radius 3 is 3.00 bits per heavy atom. The fraction of sp³-hybridized carbons (Fsp3) is 0.316. The summed E-state index contributed by atoms with van der Waals surface area (Å²) in [5.41, 5.74) is 2.43. The molecule has 0 amide bonds. The van der Waals surface area contributed by atoms with Gasteiger partial charge in [-0.25, -0.2) is 0 Å². The van der Waals surface area contributed by atoms with Crippen LogP contribution in [0.2, 0.25) is 0 Å². The van der Waals surface area contributed by atoms with Crippen LogP contribution < -0.4 is 9.47 Å². The van der Waals surface area contributed by atoms with Gasteiger partial charge in [0.25, 0.3) is 0 Å². The first kappa shape index (κ1) is 15.9. The fourth-order valence-corrected chi connectivity index (χ4v) is 3.16. The standard InChI is InChI=1S/C19H19NO5/c1-12-18-13(10-20(11-24-18)5-7-22-2)8-15-17(21)16(25-19(12)15)9-14-4-3-6-23-14/h3-4,6,8-9H,5,7,10-11H2,1-2H3/b16-9-. The molecule has 0 fully saturated rings. The number of rotatable bonds is 4. The predicted molar refractivity (Wildman–Crippen MR) is 90.6 cm³/mol. The van der Waals surface area contributed by atoms with E-state index in [0.29, 0.717) is 30.4 Å². The molecule has 4 rings (SSSR count). The van der Waals surface area contributed by atoms with Crippen LogP contribution in [0.15, 0.2) is 34.6 Å². The number of carbonyl (C=O) groups is 1. The van der Waals surface area contributed by atoms with Crippen molar-refractivity contribution in [1.29, 1.82) is 0 Å². The molecule has 2 aromatic rings. The highest BCUT2D eigenvalue weighted by Gasteiger charge is 2.33. The maximum atomic E-state index is 12.7. The topological polar surface area (TPSA) is 61.1 Å². The highest BCUT2D eigenvalue weighted by atomic mass is 16.5. The first-order valence-electron chi connectivity index (χ1n) is 8.15. The normalized spacial score (nSPS) is 18.0. The maximum absolute atomic E-state index is 12.7. The first-order valence-corrected chi connectivity index (χ1v) is 8.15. The monoisotopic (exact) mass is 341 g/mol. The molecule has 6 nitrogen and oxygen atoms in total. The molecule has 0 atom stereocenters. The minimum absolute atomic E-state index is 0.133. The van der Waals surface area contributed by atoms with E-state index in [1.807, 2.05) is 13.0 Å². The zero-order valence-corrected chi connectivity index (χ0v) is 14.2. The van der Waals surface area contributed by atoms with Crippen molar-refractivity contribution >= 4 is 11.9 Å². The summed E-state index contributed by atoms with van der Waals surface area (Å²) < 4.78 is 22.1. The van der Waals surface area contributed by atoms with E-state index in [1.54, 1.807) is 31.6 Å². The van der Waals surface area contributed by atoms with Gasteiger partial charge in [0.05, 0.1) is 18.4 Å². The summed E-state index contributed by atoms with van der Waals surface area (Å²) in [5.74, 6) is 2.10. The van der Waals surface area contributed by atoms with E-state index >= 15 is 0 Å². The second-order valence-electron chi connectivity index (χ2n) is 6.14. The van der Waals surface area contributed by atoms with E-state index < -0.39 is 0 Å². The van der Waals surface area contributed by atoms with Gasteiger partial charge in [-0.3, -0.25) is 9.69 Å². The summed E-state index contributed by atoms with van der Waals surface area (Å²) in [5, 5.41) is 0. The summed E-state index contributed by atoms with van der Waals surface area (Å²) in [6.07, 6.45) is 3.18. The van der Waals surface area contributed by atoms with E-state index in [4.69, 9.17) is 18.6 Å². The molecule has 0 saturated carbocycles. The molecule has 1 aromatic carbocycles. The van der Waals surface area contributed by atoms with Gasteiger partial charge in [0, 0.05) is 37.4 Å². The van der Waals surface area contributed by atoms with Crippen LogP contribution in [0, 0.1) is 6.92 Å². The zero-order chi connectivity index (χ0) is 17.4. The molecule has 3 heterocycles. The van der Waals surface area contributed by atoms with Gasteiger partial charge in [-0.15, -0.1) is 0 Å². The van der Waals surface area contributed by atoms with Crippen molar-refractivity contribution in [2.24, 2.45) is 0 Å². The number of ketones is 1. The number of carbonyl (C=O) groups excluding carboxylic acids is 1. The molecule has 0 radical (unpaired) electrons. The van der Waals surface area contributed by atoms with Crippen LogP contribution in [-0.4, -0.2) is 37.7 Å². The van der Waals surface area contributed by atoms with E-state index in [2.05, 4.69) is 4.90 Å². The molecule has 25 heavy (non-hydrogen) atoms. The third kappa shape index (κ3) is 2.83. The van der Waals surface area contributed by atoms with E-state index in [0.717, 1.165) is 30.0 Å². The smallest absolute Gasteiger partial charge is 0.232 e. The minimum Gasteiger partial charge on any atom is -0.477 e. The number of benzene rings is 1. The summed E-state index contributed by atoms with van der Waals surface area (Å²) >= 11 is 0. The van der Waals surface area contributed by atoms with Crippen LogP contribution in [0.25, 0.3) is 6.08 Å². The van der Waals surface area contributed by atoms with E-state index in [1.165, 1.54) is 0 Å². The molecular formula is C19H19NO5. The Labute approximate surface area is 145 Å². The van der Waals surface area contributed by atoms with Crippen molar-refractivity contribution in [3.05, 3.63) is 52.7 Å². The largest absolute Gasteiger partial charge is 0.477 e. The lowest BCUT2D eigenvalue weighted by atomic mass is 10.00. The second kappa shape index (κ2) is 6.38. The van der Waals surface area contributed by atoms with Crippen molar-refractivity contribution < 1.29 is 23.4 Å². The average Bonchev–Trinajstić information content (AvgIpc) is 3.23. The lowest BCUT2D eigenvalue weighted by Gasteiger charge is -2.30. The molecular weight excluding hydrogens is 322 g/mol. The van der Waals surface area contributed by atoms with E-state index in [9.17, 15) is 4.79 Å². The van der Waals surface area contributed by atoms with Crippen LogP contribution in [0.1, 0.15) is 27.2 Å². The van der Waals surface area contributed by atoms with Crippen LogP contribution in [-0.2, 0) is 11.3 Å². The molecule has 0 unspecified atom stereocenters. The molecule has 0 aliphatic carbocycles. The van der Waals surface area contributed by atoms with Crippen molar-refractivity contribution in [3.8, 4) is 11.5 Å². The molecule has 6 heteroatoms. The molecule has 0 N–H and O–H groups in total. The van der Waals surface area contributed by atoms with Gasteiger partial charge >= 0.3 is 0 Å². The third-order valence-electron chi connectivity index (χ3n) is 4.43. The van der Waals surface area contributed by atoms with Crippen molar-refractivity contribution in [1.82, 2.24) is 4.90 Å². The third-order valence-corrected chi connectivity index (χ3v) is 4.43. The Bertz CT molecular complexity index is 838. The number of methoxy groups -OCH3 is 1. The fourth-order valence-electron chi connectivity index (χ4n) is 3.16. The molecule has 2 aliphatic heterocycles. The minimum atomic E-state index is -0.133. The Kier molecular flexibility index (Phi) is 4.07. The highest BCUT2D eigenvalue weighted by molar-refractivity contribution is 6.15. The van der Waals surface area contributed by atoms with Crippen molar-refractivity contribution in [3.63, 3.8) is 0 Å². The van der Waals surface area contributed by atoms with Gasteiger partial charge < -0.3 is 18.6 Å². The number of furan rings is 1. The molecule has 130 valence electrons. The second-order valence-corrected chi connectivity index (χ2v) is 6.14. The maximum Gasteiger partial charge on any atom is 0.232 e. The Morgan fingerprint density at radius 2 is 2.24 bits per heavy atom.